The van der Waals surface area contributed by atoms with Crippen LogP contribution in [0.15, 0.2) is 24.3 Å². The summed E-state index contributed by atoms with van der Waals surface area (Å²) in [5.41, 5.74) is 0.782. The van der Waals surface area contributed by atoms with Crippen LogP contribution in [0.5, 0.6) is 5.75 Å². The molecule has 0 spiro atoms. The lowest BCUT2D eigenvalue weighted by molar-refractivity contribution is -0.200. The van der Waals surface area contributed by atoms with E-state index in [1.54, 1.807) is 27.9 Å². The van der Waals surface area contributed by atoms with E-state index < -0.39 is 60.3 Å². The Labute approximate surface area is 301 Å². The summed E-state index contributed by atoms with van der Waals surface area (Å²) >= 11 is 0. The van der Waals surface area contributed by atoms with E-state index in [0.29, 0.717) is 25.4 Å². The van der Waals surface area contributed by atoms with Crippen molar-refractivity contribution in [2.75, 3.05) is 62.7 Å². The van der Waals surface area contributed by atoms with E-state index >= 15 is 0 Å². The number of amides is 4. The van der Waals surface area contributed by atoms with Crippen molar-refractivity contribution in [3.8, 4) is 5.75 Å². The average molecular weight is 721 g/mol. The Kier molecular flexibility index (Phi) is 16.1. The molecule has 2 aliphatic rings. The molecular formula is C36H56N4O11. The third kappa shape index (κ3) is 11.1. The van der Waals surface area contributed by atoms with Gasteiger partial charge in [-0.2, -0.15) is 0 Å². The normalized spacial score (nSPS) is 20.5. The second-order valence-electron chi connectivity index (χ2n) is 13.3. The SMILES string of the molecule is COC(=O)C(=O)N(C)[C@H](C(=O)N(C)[C@@H](C(=O)N(C)[C@H](Cc1ccc(OC2CCCCO2)cc1)C(=O)N(C)C)[C@H](C)OC1CCCCO1)[C@@H](C)OC. The topological polar surface area (TPSA) is 154 Å². The van der Waals surface area contributed by atoms with Crippen LogP contribution < -0.4 is 4.74 Å². The van der Waals surface area contributed by atoms with Gasteiger partial charge in [0, 0.05) is 61.8 Å². The van der Waals surface area contributed by atoms with Crippen LogP contribution in [-0.2, 0) is 54.1 Å². The van der Waals surface area contributed by atoms with E-state index in [9.17, 15) is 24.0 Å². The molecule has 15 nitrogen and oxygen atoms in total. The van der Waals surface area contributed by atoms with Gasteiger partial charge in [-0.15, -0.1) is 0 Å². The Morgan fingerprint density at radius 2 is 1.27 bits per heavy atom. The lowest BCUT2D eigenvalue weighted by Crippen LogP contribution is -2.63. The van der Waals surface area contributed by atoms with Gasteiger partial charge < -0.3 is 48.0 Å². The van der Waals surface area contributed by atoms with Crippen molar-refractivity contribution in [2.24, 2.45) is 0 Å². The number of carbonyl (C=O) groups excluding carboxylic acids is 5. The molecule has 1 aromatic rings. The number of likely N-dealkylation sites (N-methyl/N-ethyl adjacent to an activating group) is 4. The van der Waals surface area contributed by atoms with Gasteiger partial charge in [0.05, 0.1) is 25.9 Å². The minimum absolute atomic E-state index is 0.171. The van der Waals surface area contributed by atoms with E-state index in [1.165, 1.54) is 43.0 Å². The summed E-state index contributed by atoms with van der Waals surface area (Å²) in [5.74, 6) is -3.18. The molecule has 4 amide bonds. The number of esters is 1. The molecule has 0 bridgehead atoms. The first-order chi connectivity index (χ1) is 24.2. The zero-order valence-electron chi connectivity index (χ0n) is 31.5. The zero-order chi connectivity index (χ0) is 37.8. The molecule has 1 aromatic carbocycles. The molecular weight excluding hydrogens is 664 g/mol. The summed E-state index contributed by atoms with van der Waals surface area (Å²) in [6.07, 6.45) is 2.67. The van der Waals surface area contributed by atoms with Crippen molar-refractivity contribution in [1.82, 2.24) is 19.6 Å². The van der Waals surface area contributed by atoms with E-state index in [4.69, 9.17) is 23.7 Å². The highest BCUT2D eigenvalue weighted by molar-refractivity contribution is 6.32. The first-order valence-electron chi connectivity index (χ1n) is 17.5. The summed E-state index contributed by atoms with van der Waals surface area (Å²) in [4.78, 5) is 72.5. The van der Waals surface area contributed by atoms with Gasteiger partial charge in [0.15, 0.2) is 12.6 Å². The van der Waals surface area contributed by atoms with Crippen LogP contribution in [0.1, 0.15) is 57.9 Å². The predicted octanol–water partition coefficient (Wildman–Crippen LogP) is 1.84. The Morgan fingerprint density at radius 3 is 1.78 bits per heavy atom. The van der Waals surface area contributed by atoms with Crippen molar-refractivity contribution in [3.05, 3.63) is 29.8 Å². The van der Waals surface area contributed by atoms with E-state index in [-0.39, 0.29) is 18.6 Å². The van der Waals surface area contributed by atoms with Crippen LogP contribution in [0.4, 0.5) is 0 Å². The Hall–Kier alpha value is -3.79. The van der Waals surface area contributed by atoms with Gasteiger partial charge in [-0.3, -0.25) is 19.2 Å². The summed E-state index contributed by atoms with van der Waals surface area (Å²) in [6, 6.07) is 3.76. The van der Waals surface area contributed by atoms with Crippen molar-refractivity contribution < 1.29 is 52.4 Å². The quantitative estimate of drug-likeness (QED) is 0.193. The summed E-state index contributed by atoms with van der Waals surface area (Å²) in [7, 11) is 9.87. The Balaban J connectivity index is 1.94. The van der Waals surface area contributed by atoms with Gasteiger partial charge in [0.25, 0.3) is 0 Å². The van der Waals surface area contributed by atoms with Crippen LogP contribution in [0.2, 0.25) is 0 Å². The molecule has 2 aliphatic heterocycles. The van der Waals surface area contributed by atoms with Crippen molar-refractivity contribution in [2.45, 2.75) is 102 Å². The van der Waals surface area contributed by atoms with Gasteiger partial charge >= 0.3 is 11.9 Å². The lowest BCUT2D eigenvalue weighted by atomic mass is 10.0. The first kappa shape index (κ1) is 41.6. The monoisotopic (exact) mass is 720 g/mol. The molecule has 3 rings (SSSR count). The van der Waals surface area contributed by atoms with Crippen LogP contribution in [0, 0.1) is 0 Å². The maximum Gasteiger partial charge on any atom is 0.396 e. The summed E-state index contributed by atoms with van der Waals surface area (Å²) in [5, 5.41) is 0. The molecule has 51 heavy (non-hydrogen) atoms. The van der Waals surface area contributed by atoms with Crippen molar-refractivity contribution >= 4 is 29.6 Å². The maximum atomic E-state index is 14.6. The molecule has 7 atom stereocenters. The van der Waals surface area contributed by atoms with Crippen molar-refractivity contribution in [1.29, 1.82) is 0 Å². The summed E-state index contributed by atoms with van der Waals surface area (Å²) in [6.45, 7) is 4.38. The number of rotatable bonds is 15. The molecule has 286 valence electrons. The van der Waals surface area contributed by atoms with Gasteiger partial charge in [-0.05, 0) is 63.6 Å². The number of hydrogen-bond acceptors (Lipinski definition) is 11. The fourth-order valence-electron chi connectivity index (χ4n) is 6.26. The number of hydrogen-bond donors (Lipinski definition) is 0. The van der Waals surface area contributed by atoms with Gasteiger partial charge in [-0.25, -0.2) is 4.79 Å². The number of methoxy groups -OCH3 is 2. The highest BCUT2D eigenvalue weighted by Crippen LogP contribution is 2.24. The predicted molar refractivity (Wildman–Crippen MR) is 185 cm³/mol. The summed E-state index contributed by atoms with van der Waals surface area (Å²) < 4.78 is 33.7. The van der Waals surface area contributed by atoms with Crippen LogP contribution >= 0.6 is 0 Å². The third-order valence-corrected chi connectivity index (χ3v) is 9.43. The molecule has 2 fully saturated rings. The smallest absolute Gasteiger partial charge is 0.396 e. The fraction of sp³-hybridized carbons (Fsp3) is 0.694. The molecule has 0 N–H and O–H groups in total. The second kappa shape index (κ2) is 19.7. The molecule has 0 aromatic heterocycles. The fourth-order valence-corrected chi connectivity index (χ4v) is 6.26. The van der Waals surface area contributed by atoms with Crippen LogP contribution in [0.25, 0.3) is 0 Å². The second-order valence-corrected chi connectivity index (χ2v) is 13.3. The molecule has 2 saturated heterocycles. The number of ether oxygens (including phenoxy) is 6. The highest BCUT2D eigenvalue weighted by Gasteiger charge is 2.44. The van der Waals surface area contributed by atoms with E-state index in [0.717, 1.165) is 49.7 Å². The maximum absolute atomic E-state index is 14.6. The van der Waals surface area contributed by atoms with Crippen LogP contribution in [0.3, 0.4) is 0 Å². The average Bonchev–Trinajstić information content (AvgIpc) is 3.13. The molecule has 0 aliphatic carbocycles. The largest absolute Gasteiger partial charge is 0.465 e. The number of carbonyl (C=O) groups is 5. The van der Waals surface area contributed by atoms with Gasteiger partial charge in [-0.1, -0.05) is 12.1 Å². The highest BCUT2D eigenvalue weighted by atomic mass is 16.7. The third-order valence-electron chi connectivity index (χ3n) is 9.43. The Morgan fingerprint density at radius 1 is 0.725 bits per heavy atom. The molecule has 0 saturated carbocycles. The van der Waals surface area contributed by atoms with Crippen LogP contribution in [-0.4, -0.2) is 155 Å². The standard InChI is InChI=1S/C36H56N4O11/c1-23(46-8)30(40(7)35(44)36(45)47-9)34(43)39(6)31(24(2)50-28-14-10-12-20-48-28)33(42)38(5)27(32(41)37(3)4)22-25-16-18-26(19-17-25)51-29-15-11-13-21-49-29/h16-19,23-24,27-31H,10-15,20-22H2,1-9H3/t23-,24+,27-,28?,29?,30+,31-/m1/s1. The molecule has 15 heteroatoms. The minimum atomic E-state index is -1.32. The van der Waals surface area contributed by atoms with Gasteiger partial charge in [0.2, 0.25) is 17.7 Å². The first-order valence-corrected chi connectivity index (χ1v) is 17.5. The zero-order valence-corrected chi connectivity index (χ0v) is 31.5. The van der Waals surface area contributed by atoms with Gasteiger partial charge in [0.1, 0.15) is 23.9 Å². The molecule has 2 heterocycles. The molecule has 2 unspecified atom stereocenters. The number of nitrogens with zero attached hydrogens (tertiary/aromatic N) is 4. The minimum Gasteiger partial charge on any atom is -0.465 e. The van der Waals surface area contributed by atoms with E-state index in [2.05, 4.69) is 4.74 Å². The van der Waals surface area contributed by atoms with E-state index in [1.807, 2.05) is 24.3 Å². The van der Waals surface area contributed by atoms with Crippen molar-refractivity contribution in [3.63, 3.8) is 0 Å². The number of benzene rings is 1. The lowest BCUT2D eigenvalue weighted by Gasteiger charge is -2.41. The Bertz CT molecular complexity index is 1310. The molecule has 0 radical (unpaired) electrons.